The third-order valence-electron chi connectivity index (χ3n) is 2.53. The van der Waals surface area contributed by atoms with Crippen molar-refractivity contribution < 1.29 is 8.78 Å². The van der Waals surface area contributed by atoms with E-state index in [1.54, 1.807) is 12.1 Å². The Hall–Kier alpha value is -0.960. The SMILES string of the molecule is CCN(CC)Cc1ccc(C(F)F)cc1. The Balaban J connectivity index is 2.63. The zero-order valence-corrected chi connectivity index (χ0v) is 9.21. The zero-order chi connectivity index (χ0) is 11.3. The van der Waals surface area contributed by atoms with Crippen LogP contribution in [0, 0.1) is 0 Å². The number of hydrogen-bond acceptors (Lipinski definition) is 1. The first-order valence-corrected chi connectivity index (χ1v) is 5.26. The van der Waals surface area contributed by atoms with E-state index >= 15 is 0 Å². The van der Waals surface area contributed by atoms with Gasteiger partial charge >= 0.3 is 0 Å². The Morgan fingerprint density at radius 1 is 1.07 bits per heavy atom. The molecule has 0 aliphatic rings. The average Bonchev–Trinajstić information content (AvgIpc) is 2.26. The fourth-order valence-electron chi connectivity index (χ4n) is 1.47. The molecule has 0 heterocycles. The topological polar surface area (TPSA) is 3.24 Å². The second-order valence-corrected chi connectivity index (χ2v) is 3.50. The van der Waals surface area contributed by atoms with Crippen LogP contribution in [0.1, 0.15) is 31.4 Å². The molecule has 1 aromatic carbocycles. The van der Waals surface area contributed by atoms with Gasteiger partial charge in [-0.2, -0.15) is 0 Å². The quantitative estimate of drug-likeness (QED) is 0.724. The number of halogens is 2. The molecule has 0 unspecified atom stereocenters. The summed E-state index contributed by atoms with van der Waals surface area (Å²) in [6, 6.07) is 6.56. The lowest BCUT2D eigenvalue weighted by molar-refractivity contribution is 0.151. The fourth-order valence-corrected chi connectivity index (χ4v) is 1.47. The van der Waals surface area contributed by atoms with Crippen LogP contribution in [0.5, 0.6) is 0 Å². The summed E-state index contributed by atoms with van der Waals surface area (Å²) in [5.74, 6) is 0. The van der Waals surface area contributed by atoms with Gasteiger partial charge in [0.1, 0.15) is 0 Å². The van der Waals surface area contributed by atoms with Crippen LogP contribution in [-0.2, 0) is 6.54 Å². The van der Waals surface area contributed by atoms with Crippen molar-refractivity contribution in [3.8, 4) is 0 Å². The molecule has 1 aromatic rings. The van der Waals surface area contributed by atoms with Crippen molar-refractivity contribution in [2.45, 2.75) is 26.8 Å². The lowest BCUT2D eigenvalue weighted by atomic mass is 10.1. The number of alkyl halides is 2. The van der Waals surface area contributed by atoms with Crippen LogP contribution >= 0.6 is 0 Å². The highest BCUT2D eigenvalue weighted by Gasteiger charge is 2.06. The summed E-state index contributed by atoms with van der Waals surface area (Å²) < 4.78 is 24.6. The van der Waals surface area contributed by atoms with Gasteiger partial charge in [-0.1, -0.05) is 38.1 Å². The summed E-state index contributed by atoms with van der Waals surface area (Å²) in [5, 5.41) is 0. The molecule has 84 valence electrons. The Labute approximate surface area is 89.7 Å². The van der Waals surface area contributed by atoms with Gasteiger partial charge in [-0.3, -0.25) is 4.90 Å². The van der Waals surface area contributed by atoms with E-state index in [0.29, 0.717) is 0 Å². The number of nitrogens with zero attached hydrogens (tertiary/aromatic N) is 1. The van der Waals surface area contributed by atoms with E-state index in [0.717, 1.165) is 25.2 Å². The monoisotopic (exact) mass is 213 g/mol. The van der Waals surface area contributed by atoms with E-state index in [9.17, 15) is 8.78 Å². The van der Waals surface area contributed by atoms with Gasteiger partial charge in [-0.05, 0) is 18.7 Å². The molecular weight excluding hydrogens is 196 g/mol. The molecule has 0 radical (unpaired) electrons. The fraction of sp³-hybridized carbons (Fsp3) is 0.500. The molecule has 0 aromatic heterocycles. The second-order valence-electron chi connectivity index (χ2n) is 3.50. The molecule has 3 heteroatoms. The molecule has 0 aliphatic carbocycles. The molecule has 1 nitrogen and oxygen atoms in total. The standard InChI is InChI=1S/C12H17F2N/c1-3-15(4-2)9-10-5-7-11(8-6-10)12(13)14/h5-8,12H,3-4,9H2,1-2H3. The zero-order valence-electron chi connectivity index (χ0n) is 9.21. The molecule has 1 rings (SSSR count). The lowest BCUT2D eigenvalue weighted by Crippen LogP contribution is -2.21. The molecule has 0 saturated carbocycles. The van der Waals surface area contributed by atoms with Crippen LogP contribution in [-0.4, -0.2) is 18.0 Å². The lowest BCUT2D eigenvalue weighted by Gasteiger charge is -2.17. The van der Waals surface area contributed by atoms with Crippen molar-refractivity contribution in [3.05, 3.63) is 35.4 Å². The Kier molecular flexibility index (Phi) is 4.69. The Bertz CT molecular complexity index is 278. The predicted octanol–water partition coefficient (Wildman–Crippen LogP) is 3.47. The third-order valence-corrected chi connectivity index (χ3v) is 2.53. The molecule has 0 fully saturated rings. The van der Waals surface area contributed by atoms with Crippen LogP contribution in [0.25, 0.3) is 0 Å². The summed E-state index contributed by atoms with van der Waals surface area (Å²) in [6.07, 6.45) is -2.37. The third kappa shape index (κ3) is 3.59. The van der Waals surface area contributed by atoms with Gasteiger partial charge in [-0.25, -0.2) is 8.78 Å². The highest BCUT2D eigenvalue weighted by atomic mass is 19.3. The van der Waals surface area contributed by atoms with Crippen LogP contribution in [0.3, 0.4) is 0 Å². The maximum absolute atomic E-state index is 12.3. The molecular formula is C12H17F2N. The van der Waals surface area contributed by atoms with E-state index in [4.69, 9.17) is 0 Å². The van der Waals surface area contributed by atoms with Crippen molar-refractivity contribution >= 4 is 0 Å². The van der Waals surface area contributed by atoms with Gasteiger partial charge < -0.3 is 0 Å². The van der Waals surface area contributed by atoms with E-state index in [1.165, 1.54) is 12.1 Å². The summed E-state index contributed by atoms with van der Waals surface area (Å²) in [6.45, 7) is 6.98. The van der Waals surface area contributed by atoms with Gasteiger partial charge in [-0.15, -0.1) is 0 Å². The normalized spacial score (nSPS) is 11.3. The largest absolute Gasteiger partial charge is 0.300 e. The van der Waals surface area contributed by atoms with E-state index < -0.39 is 6.43 Å². The van der Waals surface area contributed by atoms with Gasteiger partial charge in [0.05, 0.1) is 0 Å². The number of rotatable bonds is 5. The number of benzene rings is 1. The average molecular weight is 213 g/mol. The van der Waals surface area contributed by atoms with E-state index in [2.05, 4.69) is 18.7 Å². The minimum Gasteiger partial charge on any atom is -0.300 e. The molecule has 0 bridgehead atoms. The highest BCUT2D eigenvalue weighted by molar-refractivity contribution is 5.23. The summed E-state index contributed by atoms with van der Waals surface area (Å²) in [4.78, 5) is 2.25. The van der Waals surface area contributed by atoms with Crippen LogP contribution < -0.4 is 0 Å². The molecule has 0 amide bonds. The Morgan fingerprint density at radius 2 is 1.60 bits per heavy atom. The van der Waals surface area contributed by atoms with Gasteiger partial charge in [0.2, 0.25) is 0 Å². The first-order valence-electron chi connectivity index (χ1n) is 5.26. The van der Waals surface area contributed by atoms with Crippen molar-refractivity contribution in [3.63, 3.8) is 0 Å². The predicted molar refractivity (Wildman–Crippen MR) is 58.0 cm³/mol. The minimum absolute atomic E-state index is 0.0956. The first-order chi connectivity index (χ1) is 7.17. The number of hydrogen-bond donors (Lipinski definition) is 0. The molecule has 0 spiro atoms. The van der Waals surface area contributed by atoms with Crippen molar-refractivity contribution in [2.75, 3.05) is 13.1 Å². The minimum atomic E-state index is -2.37. The Morgan fingerprint density at radius 3 is 2.00 bits per heavy atom. The first kappa shape index (κ1) is 12.1. The molecule has 0 N–H and O–H groups in total. The maximum Gasteiger partial charge on any atom is 0.263 e. The summed E-state index contributed by atoms with van der Waals surface area (Å²) in [5.41, 5.74) is 1.18. The highest BCUT2D eigenvalue weighted by Crippen LogP contribution is 2.19. The van der Waals surface area contributed by atoms with Crippen molar-refractivity contribution in [2.24, 2.45) is 0 Å². The van der Waals surface area contributed by atoms with Crippen molar-refractivity contribution in [1.29, 1.82) is 0 Å². The van der Waals surface area contributed by atoms with Crippen molar-refractivity contribution in [1.82, 2.24) is 4.90 Å². The van der Waals surface area contributed by atoms with Gasteiger partial charge in [0, 0.05) is 12.1 Å². The maximum atomic E-state index is 12.3. The van der Waals surface area contributed by atoms with E-state index in [-0.39, 0.29) is 5.56 Å². The second kappa shape index (κ2) is 5.81. The van der Waals surface area contributed by atoms with Gasteiger partial charge in [0.25, 0.3) is 6.43 Å². The van der Waals surface area contributed by atoms with Crippen LogP contribution in [0.15, 0.2) is 24.3 Å². The molecule has 0 atom stereocenters. The van der Waals surface area contributed by atoms with Gasteiger partial charge in [0.15, 0.2) is 0 Å². The molecule has 0 saturated heterocycles. The van der Waals surface area contributed by atoms with Crippen LogP contribution in [0.4, 0.5) is 8.78 Å². The molecule has 0 aliphatic heterocycles. The smallest absolute Gasteiger partial charge is 0.263 e. The molecule has 15 heavy (non-hydrogen) atoms. The van der Waals surface area contributed by atoms with Crippen LogP contribution in [0.2, 0.25) is 0 Å². The summed E-state index contributed by atoms with van der Waals surface area (Å²) >= 11 is 0. The summed E-state index contributed by atoms with van der Waals surface area (Å²) in [7, 11) is 0. The van der Waals surface area contributed by atoms with E-state index in [1.807, 2.05) is 0 Å².